The molecule has 1 aliphatic rings. The average molecular weight is 327 g/mol. The first kappa shape index (κ1) is 14.3. The van der Waals surface area contributed by atoms with Crippen LogP contribution < -0.4 is 15.4 Å². The van der Waals surface area contributed by atoms with Crippen molar-refractivity contribution in [3.63, 3.8) is 0 Å². The fourth-order valence-corrected chi connectivity index (χ4v) is 2.52. The first-order valence-corrected chi connectivity index (χ1v) is 7.44. The van der Waals surface area contributed by atoms with Crippen LogP contribution in [0.1, 0.15) is 19.8 Å². The molecule has 0 bridgehead atoms. The third-order valence-electron chi connectivity index (χ3n) is 3.17. The summed E-state index contributed by atoms with van der Waals surface area (Å²) in [5.41, 5.74) is 0.737. The lowest BCUT2D eigenvalue weighted by Crippen LogP contribution is -2.37. The van der Waals surface area contributed by atoms with Gasteiger partial charge < -0.3 is 15.4 Å². The van der Waals surface area contributed by atoms with Crippen LogP contribution in [-0.4, -0.2) is 25.6 Å². The largest absolute Gasteiger partial charge is 0.492 e. The van der Waals surface area contributed by atoms with Gasteiger partial charge in [-0.3, -0.25) is 4.79 Å². The van der Waals surface area contributed by atoms with Crippen molar-refractivity contribution >= 4 is 27.5 Å². The average Bonchev–Trinajstić information content (AvgIpc) is 2.43. The summed E-state index contributed by atoms with van der Waals surface area (Å²) in [4.78, 5) is 12.2. The normalized spacial score (nSPS) is 18.9. The van der Waals surface area contributed by atoms with Crippen LogP contribution in [0.3, 0.4) is 0 Å². The Bertz CT molecular complexity index is 445. The third kappa shape index (κ3) is 3.94. The zero-order chi connectivity index (χ0) is 13.7. The molecule has 2 N–H and O–H groups in total. The second-order valence-corrected chi connectivity index (χ2v) is 5.52. The molecule has 1 aromatic carbocycles. The van der Waals surface area contributed by atoms with E-state index in [2.05, 4.69) is 26.6 Å². The molecule has 0 aliphatic carbocycles. The van der Waals surface area contributed by atoms with Gasteiger partial charge in [0.05, 0.1) is 18.2 Å². The first-order valence-electron chi connectivity index (χ1n) is 6.64. The molecule has 0 saturated carbocycles. The number of benzene rings is 1. The molecule has 1 unspecified atom stereocenters. The highest BCUT2D eigenvalue weighted by molar-refractivity contribution is 9.10. The number of nitrogens with one attached hydrogen (secondary N) is 2. The summed E-state index contributed by atoms with van der Waals surface area (Å²) in [7, 11) is 0. The van der Waals surface area contributed by atoms with Gasteiger partial charge in [0, 0.05) is 11.0 Å². The quantitative estimate of drug-likeness (QED) is 0.894. The van der Waals surface area contributed by atoms with Gasteiger partial charge in [-0.2, -0.15) is 0 Å². The Morgan fingerprint density at radius 1 is 1.58 bits per heavy atom. The van der Waals surface area contributed by atoms with Crippen LogP contribution in [0.15, 0.2) is 22.7 Å². The van der Waals surface area contributed by atoms with Crippen molar-refractivity contribution in [2.45, 2.75) is 19.8 Å². The van der Waals surface area contributed by atoms with Crippen molar-refractivity contribution in [2.24, 2.45) is 5.92 Å². The molecule has 5 heteroatoms. The molecule has 104 valence electrons. The Hall–Kier alpha value is -1.07. The van der Waals surface area contributed by atoms with E-state index in [0.29, 0.717) is 12.4 Å². The van der Waals surface area contributed by atoms with E-state index in [9.17, 15) is 4.79 Å². The maximum absolute atomic E-state index is 12.2. The lowest BCUT2D eigenvalue weighted by molar-refractivity contribution is -0.120. The van der Waals surface area contributed by atoms with Gasteiger partial charge in [-0.1, -0.05) is 15.9 Å². The lowest BCUT2D eigenvalue weighted by Gasteiger charge is -2.22. The number of hydrogen-bond acceptors (Lipinski definition) is 3. The van der Waals surface area contributed by atoms with Gasteiger partial charge in [0.1, 0.15) is 5.75 Å². The number of amides is 1. The first-order chi connectivity index (χ1) is 9.20. The number of halogens is 1. The summed E-state index contributed by atoms with van der Waals surface area (Å²) in [6.45, 7) is 4.26. The molecular formula is C14H19BrN2O2. The molecule has 1 heterocycles. The van der Waals surface area contributed by atoms with Gasteiger partial charge >= 0.3 is 0 Å². The van der Waals surface area contributed by atoms with E-state index in [4.69, 9.17) is 4.74 Å². The van der Waals surface area contributed by atoms with Crippen LogP contribution in [0.5, 0.6) is 5.75 Å². The van der Waals surface area contributed by atoms with E-state index in [-0.39, 0.29) is 11.8 Å². The molecule has 4 nitrogen and oxygen atoms in total. The van der Waals surface area contributed by atoms with Crippen LogP contribution >= 0.6 is 15.9 Å². The maximum atomic E-state index is 12.2. The van der Waals surface area contributed by atoms with Gasteiger partial charge in [0.2, 0.25) is 5.91 Å². The van der Waals surface area contributed by atoms with E-state index in [1.807, 2.05) is 25.1 Å². The zero-order valence-corrected chi connectivity index (χ0v) is 12.6. The summed E-state index contributed by atoms with van der Waals surface area (Å²) < 4.78 is 6.48. The van der Waals surface area contributed by atoms with Crippen molar-refractivity contribution < 1.29 is 9.53 Å². The topological polar surface area (TPSA) is 50.4 Å². The Labute approximate surface area is 122 Å². The summed E-state index contributed by atoms with van der Waals surface area (Å²) in [6, 6.07) is 5.64. The number of piperidine rings is 1. The minimum Gasteiger partial charge on any atom is -0.492 e. The molecule has 19 heavy (non-hydrogen) atoms. The molecule has 1 saturated heterocycles. The zero-order valence-electron chi connectivity index (χ0n) is 11.0. The number of ether oxygens (including phenoxy) is 1. The Morgan fingerprint density at radius 3 is 3.11 bits per heavy atom. The number of rotatable bonds is 4. The SMILES string of the molecule is CCOc1cc(Br)ccc1NC(=O)C1CCCNC1. The van der Waals surface area contributed by atoms with Crippen LogP contribution in [0.2, 0.25) is 0 Å². The Morgan fingerprint density at radius 2 is 2.42 bits per heavy atom. The summed E-state index contributed by atoms with van der Waals surface area (Å²) in [5.74, 6) is 0.816. The lowest BCUT2D eigenvalue weighted by atomic mass is 9.99. The summed E-state index contributed by atoms with van der Waals surface area (Å²) >= 11 is 3.41. The molecule has 1 aliphatic heterocycles. The van der Waals surface area contributed by atoms with Gasteiger partial charge in [0.25, 0.3) is 0 Å². The molecule has 1 aromatic rings. The minimum absolute atomic E-state index is 0.0480. The highest BCUT2D eigenvalue weighted by Crippen LogP contribution is 2.29. The van der Waals surface area contributed by atoms with Crippen LogP contribution in [0.25, 0.3) is 0 Å². The molecular weight excluding hydrogens is 308 g/mol. The van der Waals surface area contributed by atoms with E-state index in [1.165, 1.54) is 0 Å². The molecule has 0 spiro atoms. The number of hydrogen-bond donors (Lipinski definition) is 2. The highest BCUT2D eigenvalue weighted by atomic mass is 79.9. The monoisotopic (exact) mass is 326 g/mol. The Kier molecular flexibility index (Phi) is 5.22. The Balaban J connectivity index is 2.06. The van der Waals surface area contributed by atoms with Crippen molar-refractivity contribution in [3.05, 3.63) is 22.7 Å². The van der Waals surface area contributed by atoms with Crippen molar-refractivity contribution in [3.8, 4) is 5.75 Å². The number of carbonyl (C=O) groups excluding carboxylic acids is 1. The number of anilines is 1. The highest BCUT2D eigenvalue weighted by Gasteiger charge is 2.21. The molecule has 0 radical (unpaired) electrons. The molecule has 1 amide bonds. The summed E-state index contributed by atoms with van der Waals surface area (Å²) in [5, 5.41) is 6.22. The smallest absolute Gasteiger partial charge is 0.228 e. The van der Waals surface area contributed by atoms with E-state index < -0.39 is 0 Å². The van der Waals surface area contributed by atoms with E-state index in [1.54, 1.807) is 0 Å². The number of carbonyl (C=O) groups is 1. The van der Waals surface area contributed by atoms with Gasteiger partial charge in [-0.05, 0) is 44.5 Å². The van der Waals surface area contributed by atoms with Crippen LogP contribution in [0, 0.1) is 5.92 Å². The minimum atomic E-state index is 0.0480. The van der Waals surface area contributed by atoms with Crippen molar-refractivity contribution in [1.29, 1.82) is 0 Å². The molecule has 1 atom stereocenters. The fraction of sp³-hybridized carbons (Fsp3) is 0.500. The van der Waals surface area contributed by atoms with Crippen LogP contribution in [0.4, 0.5) is 5.69 Å². The van der Waals surface area contributed by atoms with Gasteiger partial charge in [-0.25, -0.2) is 0 Å². The van der Waals surface area contributed by atoms with Crippen molar-refractivity contribution in [2.75, 3.05) is 25.0 Å². The molecule has 0 aromatic heterocycles. The van der Waals surface area contributed by atoms with Crippen molar-refractivity contribution in [1.82, 2.24) is 5.32 Å². The predicted molar refractivity (Wildman–Crippen MR) is 79.5 cm³/mol. The van der Waals surface area contributed by atoms with Gasteiger partial charge in [0.15, 0.2) is 0 Å². The second-order valence-electron chi connectivity index (χ2n) is 4.61. The van der Waals surface area contributed by atoms with Crippen LogP contribution in [-0.2, 0) is 4.79 Å². The van der Waals surface area contributed by atoms with E-state index >= 15 is 0 Å². The summed E-state index contributed by atoms with van der Waals surface area (Å²) in [6.07, 6.45) is 2.00. The maximum Gasteiger partial charge on any atom is 0.228 e. The standard InChI is InChI=1S/C14H19BrN2O2/c1-2-19-13-8-11(15)5-6-12(13)17-14(18)10-4-3-7-16-9-10/h5-6,8,10,16H,2-4,7,9H2,1H3,(H,17,18). The van der Waals surface area contributed by atoms with E-state index in [0.717, 1.165) is 36.1 Å². The molecule has 2 rings (SSSR count). The molecule has 1 fully saturated rings. The third-order valence-corrected chi connectivity index (χ3v) is 3.66. The van der Waals surface area contributed by atoms with Gasteiger partial charge in [-0.15, -0.1) is 0 Å². The predicted octanol–water partition coefficient (Wildman–Crippen LogP) is 2.79. The fourth-order valence-electron chi connectivity index (χ4n) is 2.18. The second kappa shape index (κ2) is 6.91.